The third kappa shape index (κ3) is 3.90. The van der Waals surface area contributed by atoms with E-state index in [9.17, 15) is 13.2 Å². The molecular weight excluding hydrogens is 322 g/mol. The minimum Gasteiger partial charge on any atom is -0.324 e. The first-order valence-electron chi connectivity index (χ1n) is 6.14. The maximum atomic E-state index is 12.7. The Kier molecular flexibility index (Phi) is 4.81. The summed E-state index contributed by atoms with van der Waals surface area (Å²) in [6, 6.07) is 9.61. The normalized spacial score (nSPS) is 13.2. The Balaban J connectivity index is 2.24. The van der Waals surface area contributed by atoms with Gasteiger partial charge in [-0.05, 0) is 29.7 Å². The van der Waals surface area contributed by atoms with Gasteiger partial charge in [-0.1, -0.05) is 53.5 Å². The fourth-order valence-electron chi connectivity index (χ4n) is 2.05. The molecule has 0 aromatic heterocycles. The van der Waals surface area contributed by atoms with E-state index in [2.05, 4.69) is 0 Å². The Morgan fingerprint density at radius 1 is 1.05 bits per heavy atom. The molecule has 112 valence electrons. The van der Waals surface area contributed by atoms with Crippen LogP contribution < -0.4 is 5.73 Å². The van der Waals surface area contributed by atoms with Crippen molar-refractivity contribution < 1.29 is 13.2 Å². The van der Waals surface area contributed by atoms with Crippen LogP contribution in [0.3, 0.4) is 0 Å². The lowest BCUT2D eigenvalue weighted by Crippen LogP contribution is -2.14. The van der Waals surface area contributed by atoms with Crippen molar-refractivity contribution >= 4 is 23.2 Å². The topological polar surface area (TPSA) is 26.0 Å². The highest BCUT2D eigenvalue weighted by atomic mass is 35.5. The molecular formula is C15H12Cl2F3N. The number of halogens is 5. The monoisotopic (exact) mass is 333 g/mol. The zero-order chi connectivity index (χ0) is 15.6. The average Bonchev–Trinajstić information content (AvgIpc) is 2.41. The standard InChI is InChI=1S/C15H12Cl2F3N/c16-12-6-2-5-11(14(12)17)13(21)8-9-3-1-4-10(7-9)15(18,19)20/h1-7,13H,8,21H2. The van der Waals surface area contributed by atoms with Crippen molar-refractivity contribution in [1.82, 2.24) is 0 Å². The molecule has 1 unspecified atom stereocenters. The molecule has 2 N–H and O–H groups in total. The van der Waals surface area contributed by atoms with Gasteiger partial charge in [0, 0.05) is 6.04 Å². The van der Waals surface area contributed by atoms with E-state index in [0.717, 1.165) is 12.1 Å². The van der Waals surface area contributed by atoms with E-state index in [1.165, 1.54) is 6.07 Å². The molecule has 0 saturated carbocycles. The lowest BCUT2D eigenvalue weighted by molar-refractivity contribution is -0.137. The maximum absolute atomic E-state index is 12.7. The summed E-state index contributed by atoms with van der Waals surface area (Å²) in [5.41, 5.74) is 6.45. The molecule has 0 aliphatic heterocycles. The zero-order valence-electron chi connectivity index (χ0n) is 10.8. The fraction of sp³-hybridized carbons (Fsp3) is 0.200. The van der Waals surface area contributed by atoms with Crippen molar-refractivity contribution in [2.24, 2.45) is 5.73 Å². The first kappa shape index (κ1) is 16.1. The van der Waals surface area contributed by atoms with E-state index in [4.69, 9.17) is 28.9 Å². The molecule has 21 heavy (non-hydrogen) atoms. The number of rotatable bonds is 3. The van der Waals surface area contributed by atoms with Gasteiger partial charge in [0.15, 0.2) is 0 Å². The molecule has 1 atom stereocenters. The van der Waals surface area contributed by atoms with E-state index in [1.54, 1.807) is 24.3 Å². The van der Waals surface area contributed by atoms with Crippen molar-refractivity contribution in [3.8, 4) is 0 Å². The Morgan fingerprint density at radius 3 is 2.38 bits per heavy atom. The molecule has 6 heteroatoms. The van der Waals surface area contributed by atoms with Gasteiger partial charge in [0.1, 0.15) is 0 Å². The second kappa shape index (κ2) is 6.26. The molecule has 0 spiro atoms. The molecule has 0 radical (unpaired) electrons. The summed E-state index contributed by atoms with van der Waals surface area (Å²) in [4.78, 5) is 0. The molecule has 0 bridgehead atoms. The first-order valence-corrected chi connectivity index (χ1v) is 6.90. The van der Waals surface area contributed by atoms with Crippen LogP contribution in [0.25, 0.3) is 0 Å². The number of benzene rings is 2. The lowest BCUT2D eigenvalue weighted by Gasteiger charge is -2.15. The van der Waals surface area contributed by atoms with E-state index in [-0.39, 0.29) is 6.42 Å². The number of nitrogens with two attached hydrogens (primary N) is 1. The summed E-state index contributed by atoms with van der Waals surface area (Å²) < 4.78 is 38.0. The Morgan fingerprint density at radius 2 is 1.71 bits per heavy atom. The van der Waals surface area contributed by atoms with E-state index in [0.29, 0.717) is 21.2 Å². The number of hydrogen-bond donors (Lipinski definition) is 1. The highest BCUT2D eigenvalue weighted by Crippen LogP contribution is 2.32. The number of hydrogen-bond acceptors (Lipinski definition) is 1. The van der Waals surface area contributed by atoms with Gasteiger partial charge < -0.3 is 5.73 Å². The van der Waals surface area contributed by atoms with Gasteiger partial charge in [-0.15, -0.1) is 0 Å². The summed E-state index contributed by atoms with van der Waals surface area (Å²) >= 11 is 12.0. The molecule has 2 aromatic carbocycles. The summed E-state index contributed by atoms with van der Waals surface area (Å²) in [6.07, 6.45) is -4.13. The molecule has 0 amide bonds. The summed E-state index contributed by atoms with van der Waals surface area (Å²) in [5.74, 6) is 0. The van der Waals surface area contributed by atoms with Crippen LogP contribution in [-0.4, -0.2) is 0 Å². The van der Waals surface area contributed by atoms with Crippen LogP contribution in [0, 0.1) is 0 Å². The van der Waals surface area contributed by atoms with E-state index in [1.807, 2.05) is 0 Å². The van der Waals surface area contributed by atoms with Gasteiger partial charge in [0.25, 0.3) is 0 Å². The van der Waals surface area contributed by atoms with Crippen molar-refractivity contribution in [2.75, 3.05) is 0 Å². The molecule has 1 nitrogen and oxygen atoms in total. The van der Waals surface area contributed by atoms with E-state index >= 15 is 0 Å². The van der Waals surface area contributed by atoms with Gasteiger partial charge in [-0.25, -0.2) is 0 Å². The van der Waals surface area contributed by atoms with Crippen molar-refractivity contribution in [2.45, 2.75) is 18.6 Å². The van der Waals surface area contributed by atoms with Gasteiger partial charge in [-0.2, -0.15) is 13.2 Å². The number of alkyl halides is 3. The summed E-state index contributed by atoms with van der Waals surface area (Å²) in [5, 5.41) is 0.701. The second-order valence-electron chi connectivity index (χ2n) is 4.65. The minimum atomic E-state index is -4.37. The van der Waals surface area contributed by atoms with E-state index < -0.39 is 17.8 Å². The van der Waals surface area contributed by atoms with Crippen LogP contribution in [0.4, 0.5) is 13.2 Å². The third-order valence-electron chi connectivity index (χ3n) is 3.09. The molecule has 0 saturated heterocycles. The third-order valence-corrected chi connectivity index (χ3v) is 3.92. The Labute approximate surface area is 130 Å². The second-order valence-corrected chi connectivity index (χ2v) is 5.44. The van der Waals surface area contributed by atoms with Crippen LogP contribution in [0.2, 0.25) is 10.0 Å². The Bertz CT molecular complexity index is 641. The van der Waals surface area contributed by atoms with Crippen molar-refractivity contribution in [3.05, 3.63) is 69.2 Å². The van der Waals surface area contributed by atoms with Crippen LogP contribution in [-0.2, 0) is 12.6 Å². The molecule has 0 aliphatic carbocycles. The van der Waals surface area contributed by atoms with Gasteiger partial charge >= 0.3 is 6.18 Å². The summed E-state index contributed by atoms with van der Waals surface area (Å²) in [7, 11) is 0. The lowest BCUT2D eigenvalue weighted by atomic mass is 9.98. The van der Waals surface area contributed by atoms with Gasteiger partial charge in [-0.3, -0.25) is 0 Å². The molecule has 0 aliphatic rings. The largest absolute Gasteiger partial charge is 0.416 e. The average molecular weight is 334 g/mol. The highest BCUT2D eigenvalue weighted by Gasteiger charge is 2.30. The van der Waals surface area contributed by atoms with Crippen LogP contribution in [0.5, 0.6) is 0 Å². The maximum Gasteiger partial charge on any atom is 0.416 e. The van der Waals surface area contributed by atoms with Gasteiger partial charge in [0.05, 0.1) is 15.6 Å². The van der Waals surface area contributed by atoms with Crippen molar-refractivity contribution in [1.29, 1.82) is 0 Å². The first-order chi connectivity index (χ1) is 9.79. The SMILES string of the molecule is NC(Cc1cccc(C(F)(F)F)c1)c1cccc(Cl)c1Cl. The molecule has 0 heterocycles. The smallest absolute Gasteiger partial charge is 0.324 e. The fourth-order valence-corrected chi connectivity index (χ4v) is 2.49. The highest BCUT2D eigenvalue weighted by molar-refractivity contribution is 6.42. The molecule has 2 rings (SSSR count). The predicted octanol–water partition coefficient (Wildman–Crippen LogP) is 5.25. The van der Waals surface area contributed by atoms with Crippen LogP contribution in [0.15, 0.2) is 42.5 Å². The van der Waals surface area contributed by atoms with Gasteiger partial charge in [0.2, 0.25) is 0 Å². The van der Waals surface area contributed by atoms with Crippen LogP contribution >= 0.6 is 23.2 Å². The quantitative estimate of drug-likeness (QED) is 0.815. The zero-order valence-corrected chi connectivity index (χ0v) is 12.3. The molecule has 0 fully saturated rings. The Hall–Kier alpha value is -1.23. The molecule has 2 aromatic rings. The minimum absolute atomic E-state index is 0.240. The van der Waals surface area contributed by atoms with Crippen molar-refractivity contribution in [3.63, 3.8) is 0 Å². The predicted molar refractivity (Wildman–Crippen MR) is 78.5 cm³/mol. The summed E-state index contributed by atoms with van der Waals surface area (Å²) in [6.45, 7) is 0. The van der Waals surface area contributed by atoms with Crippen LogP contribution in [0.1, 0.15) is 22.7 Å².